The molecule has 5 heteroatoms. The molecule has 0 atom stereocenters. The summed E-state index contributed by atoms with van der Waals surface area (Å²) in [7, 11) is 0. The van der Waals surface area contributed by atoms with E-state index in [0.717, 1.165) is 5.39 Å². The molecule has 0 amide bonds. The lowest BCUT2D eigenvalue weighted by atomic mass is 10.2. The third kappa shape index (κ3) is 2.47. The third-order valence-electron chi connectivity index (χ3n) is 2.26. The van der Waals surface area contributed by atoms with Crippen molar-refractivity contribution in [3.63, 3.8) is 0 Å². The van der Waals surface area contributed by atoms with Gasteiger partial charge in [0.15, 0.2) is 0 Å². The van der Waals surface area contributed by atoms with Gasteiger partial charge in [-0.25, -0.2) is 4.98 Å². The Bertz CT molecular complexity index is 583. The molecule has 2 rings (SSSR count). The molecule has 0 bridgehead atoms. The van der Waals surface area contributed by atoms with Crippen LogP contribution in [0.2, 0.25) is 5.02 Å². The Morgan fingerprint density at radius 2 is 2.12 bits per heavy atom. The van der Waals surface area contributed by atoms with E-state index in [1.165, 1.54) is 13.0 Å². The summed E-state index contributed by atoms with van der Waals surface area (Å²) in [6, 6.07) is 6.79. The standard InChI is InChI=1S/C12H10ClNO3/c1-7(15)17-6-9-4-2-8-3-5-10(16)11(13)12(8)14-9/h2-5,16H,6H2,1H3. The van der Waals surface area contributed by atoms with E-state index in [0.29, 0.717) is 11.2 Å². The number of phenolic OH excluding ortho intramolecular Hbond substituents is 1. The molecule has 1 heterocycles. The number of fused-ring (bicyclic) bond motifs is 1. The average Bonchev–Trinajstić information content (AvgIpc) is 2.31. The summed E-state index contributed by atoms with van der Waals surface area (Å²) in [5.74, 6) is -0.384. The van der Waals surface area contributed by atoms with Gasteiger partial charge >= 0.3 is 5.97 Å². The molecule has 0 aliphatic heterocycles. The van der Waals surface area contributed by atoms with E-state index in [-0.39, 0.29) is 23.3 Å². The Kier molecular flexibility index (Phi) is 3.15. The second-order valence-electron chi connectivity index (χ2n) is 3.55. The lowest BCUT2D eigenvalue weighted by molar-refractivity contribution is -0.142. The van der Waals surface area contributed by atoms with Crippen molar-refractivity contribution < 1.29 is 14.6 Å². The van der Waals surface area contributed by atoms with Crippen LogP contribution in [0.25, 0.3) is 10.9 Å². The van der Waals surface area contributed by atoms with E-state index in [1.807, 2.05) is 6.07 Å². The number of benzene rings is 1. The van der Waals surface area contributed by atoms with Crippen LogP contribution >= 0.6 is 11.6 Å². The Morgan fingerprint density at radius 3 is 2.82 bits per heavy atom. The molecule has 0 fully saturated rings. The second kappa shape index (κ2) is 4.59. The molecule has 1 aromatic carbocycles. The molecule has 17 heavy (non-hydrogen) atoms. The lowest BCUT2D eigenvalue weighted by Crippen LogP contribution is -2.00. The lowest BCUT2D eigenvalue weighted by Gasteiger charge is -2.05. The maximum absolute atomic E-state index is 10.7. The molecule has 0 saturated heterocycles. The molecule has 0 aliphatic rings. The molecule has 0 spiro atoms. The van der Waals surface area contributed by atoms with Crippen molar-refractivity contribution in [2.45, 2.75) is 13.5 Å². The Hall–Kier alpha value is -1.81. The largest absolute Gasteiger partial charge is 0.506 e. The highest BCUT2D eigenvalue weighted by Gasteiger charge is 2.07. The predicted molar refractivity (Wildman–Crippen MR) is 63.9 cm³/mol. The number of hydrogen-bond donors (Lipinski definition) is 1. The Balaban J connectivity index is 2.41. The van der Waals surface area contributed by atoms with Crippen molar-refractivity contribution in [2.24, 2.45) is 0 Å². The number of carbonyl (C=O) groups excluding carboxylic acids is 1. The van der Waals surface area contributed by atoms with Crippen LogP contribution in [-0.2, 0) is 16.1 Å². The van der Waals surface area contributed by atoms with E-state index in [1.54, 1.807) is 12.1 Å². The van der Waals surface area contributed by atoms with Gasteiger partial charge in [0, 0.05) is 12.3 Å². The van der Waals surface area contributed by atoms with Gasteiger partial charge in [0.05, 0.1) is 11.2 Å². The first-order valence-electron chi connectivity index (χ1n) is 4.98. The summed E-state index contributed by atoms with van der Waals surface area (Å²) in [4.78, 5) is 14.9. The van der Waals surface area contributed by atoms with Crippen LogP contribution in [0.5, 0.6) is 5.75 Å². The predicted octanol–water partition coefficient (Wildman–Crippen LogP) is 2.66. The highest BCUT2D eigenvalue weighted by Crippen LogP contribution is 2.30. The fourth-order valence-electron chi connectivity index (χ4n) is 1.44. The van der Waals surface area contributed by atoms with Gasteiger partial charge < -0.3 is 9.84 Å². The summed E-state index contributed by atoms with van der Waals surface area (Å²) >= 11 is 5.94. The van der Waals surface area contributed by atoms with E-state index in [4.69, 9.17) is 16.3 Å². The molecular formula is C12H10ClNO3. The number of phenols is 1. The van der Waals surface area contributed by atoms with Crippen LogP contribution in [-0.4, -0.2) is 16.1 Å². The zero-order valence-electron chi connectivity index (χ0n) is 9.11. The number of nitrogens with zero attached hydrogens (tertiary/aromatic N) is 1. The van der Waals surface area contributed by atoms with Gasteiger partial charge in [-0.1, -0.05) is 17.7 Å². The van der Waals surface area contributed by atoms with E-state index >= 15 is 0 Å². The smallest absolute Gasteiger partial charge is 0.303 e. The number of ether oxygens (including phenoxy) is 1. The molecule has 1 aromatic heterocycles. The topological polar surface area (TPSA) is 59.4 Å². The SMILES string of the molecule is CC(=O)OCc1ccc2ccc(O)c(Cl)c2n1. The molecule has 0 radical (unpaired) electrons. The van der Waals surface area contributed by atoms with Gasteiger partial charge in [-0.05, 0) is 18.2 Å². The zero-order chi connectivity index (χ0) is 12.4. The number of hydrogen-bond acceptors (Lipinski definition) is 4. The van der Waals surface area contributed by atoms with Crippen molar-refractivity contribution in [1.82, 2.24) is 4.98 Å². The zero-order valence-corrected chi connectivity index (χ0v) is 9.86. The van der Waals surface area contributed by atoms with Gasteiger partial charge in [-0.2, -0.15) is 0 Å². The molecule has 0 unspecified atom stereocenters. The number of halogens is 1. The first kappa shape index (κ1) is 11.7. The first-order chi connectivity index (χ1) is 8.08. The number of carbonyl (C=O) groups is 1. The van der Waals surface area contributed by atoms with Gasteiger partial charge in [0.1, 0.15) is 17.4 Å². The van der Waals surface area contributed by atoms with Gasteiger partial charge in [0.2, 0.25) is 0 Å². The highest BCUT2D eigenvalue weighted by molar-refractivity contribution is 6.36. The van der Waals surface area contributed by atoms with Crippen LogP contribution in [0.1, 0.15) is 12.6 Å². The minimum Gasteiger partial charge on any atom is -0.506 e. The van der Waals surface area contributed by atoms with Crippen molar-refractivity contribution in [2.75, 3.05) is 0 Å². The highest BCUT2D eigenvalue weighted by atomic mass is 35.5. The van der Waals surface area contributed by atoms with Gasteiger partial charge in [-0.3, -0.25) is 4.79 Å². The molecular weight excluding hydrogens is 242 g/mol. The van der Waals surface area contributed by atoms with Gasteiger partial charge in [0.25, 0.3) is 0 Å². The molecule has 1 N–H and O–H groups in total. The number of pyridine rings is 1. The average molecular weight is 252 g/mol. The van der Waals surface area contributed by atoms with Crippen molar-refractivity contribution in [3.8, 4) is 5.75 Å². The van der Waals surface area contributed by atoms with Crippen molar-refractivity contribution >= 4 is 28.5 Å². The Labute approximate surface area is 103 Å². The van der Waals surface area contributed by atoms with E-state index in [9.17, 15) is 9.90 Å². The summed E-state index contributed by atoms with van der Waals surface area (Å²) in [5.41, 5.74) is 1.08. The molecule has 2 aromatic rings. The third-order valence-corrected chi connectivity index (χ3v) is 2.63. The second-order valence-corrected chi connectivity index (χ2v) is 3.93. The molecule has 0 saturated carbocycles. The van der Waals surface area contributed by atoms with E-state index < -0.39 is 0 Å². The Morgan fingerprint density at radius 1 is 1.41 bits per heavy atom. The monoisotopic (exact) mass is 251 g/mol. The fraction of sp³-hybridized carbons (Fsp3) is 0.167. The van der Waals surface area contributed by atoms with Crippen LogP contribution in [0, 0.1) is 0 Å². The maximum atomic E-state index is 10.7. The minimum absolute atomic E-state index is 0.0173. The normalized spacial score (nSPS) is 10.5. The van der Waals surface area contributed by atoms with Crippen LogP contribution < -0.4 is 0 Å². The maximum Gasteiger partial charge on any atom is 0.303 e. The number of aromatic nitrogens is 1. The summed E-state index contributed by atoms with van der Waals surface area (Å²) < 4.78 is 4.84. The van der Waals surface area contributed by atoms with Gasteiger partial charge in [-0.15, -0.1) is 0 Å². The van der Waals surface area contributed by atoms with Crippen molar-refractivity contribution in [1.29, 1.82) is 0 Å². The first-order valence-corrected chi connectivity index (χ1v) is 5.36. The van der Waals surface area contributed by atoms with E-state index in [2.05, 4.69) is 4.98 Å². The quantitative estimate of drug-likeness (QED) is 0.834. The number of aromatic hydroxyl groups is 1. The minimum atomic E-state index is -0.367. The molecule has 4 nitrogen and oxygen atoms in total. The van der Waals surface area contributed by atoms with Crippen molar-refractivity contribution in [3.05, 3.63) is 35.0 Å². The number of esters is 1. The van der Waals surface area contributed by atoms with Crippen LogP contribution in [0.4, 0.5) is 0 Å². The molecule has 0 aliphatic carbocycles. The van der Waals surface area contributed by atoms with Crippen LogP contribution in [0.3, 0.4) is 0 Å². The summed E-state index contributed by atoms with van der Waals surface area (Å²) in [6.07, 6.45) is 0. The summed E-state index contributed by atoms with van der Waals surface area (Å²) in [5, 5.41) is 10.5. The van der Waals surface area contributed by atoms with Crippen LogP contribution in [0.15, 0.2) is 24.3 Å². The number of rotatable bonds is 2. The fourth-order valence-corrected chi connectivity index (χ4v) is 1.65. The molecule has 88 valence electrons. The summed E-state index contributed by atoms with van der Waals surface area (Å²) in [6.45, 7) is 1.43.